The van der Waals surface area contributed by atoms with E-state index in [9.17, 15) is 0 Å². The minimum Gasteiger partial charge on any atom is -0.383 e. The van der Waals surface area contributed by atoms with E-state index in [0.29, 0.717) is 22.9 Å². The van der Waals surface area contributed by atoms with E-state index in [1.165, 1.54) is 0 Å². The number of aromatic nitrogens is 2. The summed E-state index contributed by atoms with van der Waals surface area (Å²) in [5, 5.41) is 4.78. The van der Waals surface area contributed by atoms with Crippen molar-refractivity contribution in [2.24, 2.45) is 0 Å². The molecule has 1 unspecified atom stereocenters. The summed E-state index contributed by atoms with van der Waals surface area (Å²) in [6, 6.07) is 0.960. The SMILES string of the molecule is CC(C)N1CCC(n2ncc(Cl)c2N)C1. The van der Waals surface area contributed by atoms with Gasteiger partial charge in [-0.05, 0) is 20.3 Å². The average molecular weight is 229 g/mol. The van der Waals surface area contributed by atoms with Crippen molar-refractivity contribution >= 4 is 17.4 Å². The summed E-state index contributed by atoms with van der Waals surface area (Å²) in [4.78, 5) is 2.43. The Hall–Kier alpha value is -0.740. The molecule has 0 aliphatic carbocycles. The zero-order valence-electron chi connectivity index (χ0n) is 9.15. The Morgan fingerprint density at radius 1 is 1.60 bits per heavy atom. The minimum absolute atomic E-state index is 0.375. The Balaban J connectivity index is 2.11. The summed E-state index contributed by atoms with van der Waals surface area (Å²) in [6.45, 7) is 6.54. The topological polar surface area (TPSA) is 47.1 Å². The molecule has 0 spiro atoms. The van der Waals surface area contributed by atoms with E-state index < -0.39 is 0 Å². The maximum absolute atomic E-state index is 5.88. The van der Waals surface area contributed by atoms with Crippen molar-refractivity contribution in [1.29, 1.82) is 0 Å². The van der Waals surface area contributed by atoms with Gasteiger partial charge in [-0.1, -0.05) is 11.6 Å². The quantitative estimate of drug-likeness (QED) is 0.840. The maximum Gasteiger partial charge on any atom is 0.140 e. The van der Waals surface area contributed by atoms with Gasteiger partial charge >= 0.3 is 0 Å². The number of nitrogen functional groups attached to an aromatic ring is 1. The summed E-state index contributed by atoms with van der Waals surface area (Å²) in [7, 11) is 0. The van der Waals surface area contributed by atoms with Crippen LogP contribution in [0.4, 0.5) is 5.82 Å². The number of hydrogen-bond donors (Lipinski definition) is 1. The number of likely N-dealkylation sites (tertiary alicyclic amines) is 1. The number of nitrogens with zero attached hydrogens (tertiary/aromatic N) is 3. The van der Waals surface area contributed by atoms with Gasteiger partial charge in [0.1, 0.15) is 10.8 Å². The van der Waals surface area contributed by atoms with E-state index in [1.54, 1.807) is 6.20 Å². The van der Waals surface area contributed by atoms with Crippen LogP contribution in [0.25, 0.3) is 0 Å². The van der Waals surface area contributed by atoms with Crippen LogP contribution in [-0.4, -0.2) is 33.8 Å². The molecule has 2 rings (SSSR count). The highest BCUT2D eigenvalue weighted by atomic mass is 35.5. The van der Waals surface area contributed by atoms with Crippen LogP contribution in [0.2, 0.25) is 5.02 Å². The third-order valence-electron chi connectivity index (χ3n) is 3.06. The van der Waals surface area contributed by atoms with Gasteiger partial charge in [0.15, 0.2) is 0 Å². The second-order valence-electron chi connectivity index (χ2n) is 4.35. The van der Waals surface area contributed by atoms with Crippen molar-refractivity contribution in [1.82, 2.24) is 14.7 Å². The average Bonchev–Trinajstić information content (AvgIpc) is 2.76. The van der Waals surface area contributed by atoms with Crippen molar-refractivity contribution in [3.05, 3.63) is 11.2 Å². The van der Waals surface area contributed by atoms with Gasteiger partial charge in [0.25, 0.3) is 0 Å². The Kier molecular flexibility index (Phi) is 2.89. The molecule has 1 aromatic rings. The Labute approximate surface area is 95.0 Å². The van der Waals surface area contributed by atoms with Gasteiger partial charge in [0.05, 0.1) is 12.2 Å². The summed E-state index contributed by atoms with van der Waals surface area (Å²) in [5.41, 5.74) is 5.85. The van der Waals surface area contributed by atoms with E-state index in [-0.39, 0.29) is 0 Å². The molecule has 4 nitrogen and oxygen atoms in total. The Morgan fingerprint density at radius 3 is 2.80 bits per heavy atom. The predicted octanol–water partition coefficient (Wildman–Crippen LogP) is 1.77. The molecular weight excluding hydrogens is 212 g/mol. The molecule has 1 aliphatic rings. The number of halogens is 1. The molecule has 0 bridgehead atoms. The first-order valence-electron chi connectivity index (χ1n) is 5.32. The van der Waals surface area contributed by atoms with Crippen LogP contribution in [0.5, 0.6) is 0 Å². The summed E-state index contributed by atoms with van der Waals surface area (Å²) in [5.74, 6) is 0.590. The van der Waals surface area contributed by atoms with Crippen LogP contribution in [0.15, 0.2) is 6.20 Å². The lowest BCUT2D eigenvalue weighted by Gasteiger charge is -2.20. The van der Waals surface area contributed by atoms with Gasteiger partial charge in [-0.25, -0.2) is 4.68 Å². The van der Waals surface area contributed by atoms with Crippen LogP contribution >= 0.6 is 11.6 Å². The summed E-state index contributed by atoms with van der Waals surface area (Å²) in [6.07, 6.45) is 2.72. The van der Waals surface area contributed by atoms with Gasteiger partial charge < -0.3 is 5.73 Å². The highest BCUT2D eigenvalue weighted by Crippen LogP contribution is 2.28. The molecule has 0 aromatic carbocycles. The molecule has 0 saturated carbocycles. The fourth-order valence-electron chi connectivity index (χ4n) is 2.08. The molecule has 1 aromatic heterocycles. The van der Waals surface area contributed by atoms with Crippen LogP contribution in [-0.2, 0) is 0 Å². The summed E-state index contributed by atoms with van der Waals surface area (Å²) >= 11 is 5.88. The molecule has 5 heteroatoms. The van der Waals surface area contributed by atoms with Crippen molar-refractivity contribution in [3.63, 3.8) is 0 Å². The van der Waals surface area contributed by atoms with Gasteiger partial charge in [0, 0.05) is 19.1 Å². The van der Waals surface area contributed by atoms with Crippen molar-refractivity contribution in [2.45, 2.75) is 32.4 Å². The molecule has 84 valence electrons. The summed E-state index contributed by atoms with van der Waals surface area (Å²) < 4.78 is 1.85. The van der Waals surface area contributed by atoms with E-state index >= 15 is 0 Å². The van der Waals surface area contributed by atoms with Crippen LogP contribution < -0.4 is 5.73 Å². The van der Waals surface area contributed by atoms with E-state index in [4.69, 9.17) is 17.3 Å². The van der Waals surface area contributed by atoms with E-state index in [2.05, 4.69) is 23.8 Å². The van der Waals surface area contributed by atoms with E-state index in [1.807, 2.05) is 4.68 Å². The van der Waals surface area contributed by atoms with Crippen LogP contribution in [0, 0.1) is 0 Å². The Bertz CT molecular complexity index is 347. The highest BCUT2D eigenvalue weighted by Gasteiger charge is 2.27. The fourth-order valence-corrected chi connectivity index (χ4v) is 2.21. The third-order valence-corrected chi connectivity index (χ3v) is 3.35. The first kappa shape index (κ1) is 10.8. The van der Waals surface area contributed by atoms with Crippen LogP contribution in [0.1, 0.15) is 26.3 Å². The van der Waals surface area contributed by atoms with Crippen molar-refractivity contribution < 1.29 is 0 Å². The first-order chi connectivity index (χ1) is 7.09. The number of nitrogens with two attached hydrogens (primary N) is 1. The molecule has 1 aliphatic heterocycles. The first-order valence-corrected chi connectivity index (χ1v) is 5.70. The van der Waals surface area contributed by atoms with Gasteiger partial charge in [0.2, 0.25) is 0 Å². The zero-order chi connectivity index (χ0) is 11.0. The highest BCUT2D eigenvalue weighted by molar-refractivity contribution is 6.32. The van der Waals surface area contributed by atoms with Gasteiger partial charge in [-0.15, -0.1) is 0 Å². The second kappa shape index (κ2) is 4.02. The maximum atomic E-state index is 5.88. The predicted molar refractivity (Wildman–Crippen MR) is 62.0 cm³/mol. The molecule has 0 amide bonds. The molecule has 1 fully saturated rings. The smallest absolute Gasteiger partial charge is 0.140 e. The molecular formula is C10H17ClN4. The zero-order valence-corrected chi connectivity index (χ0v) is 9.91. The van der Waals surface area contributed by atoms with E-state index in [0.717, 1.165) is 19.5 Å². The monoisotopic (exact) mass is 228 g/mol. The molecule has 1 atom stereocenters. The molecule has 1 saturated heterocycles. The lowest BCUT2D eigenvalue weighted by molar-refractivity contribution is 0.263. The van der Waals surface area contributed by atoms with Gasteiger partial charge in [-0.2, -0.15) is 5.10 Å². The minimum atomic E-state index is 0.375. The number of hydrogen-bond acceptors (Lipinski definition) is 3. The molecule has 0 radical (unpaired) electrons. The largest absolute Gasteiger partial charge is 0.383 e. The Morgan fingerprint density at radius 2 is 2.33 bits per heavy atom. The molecule has 2 heterocycles. The fraction of sp³-hybridized carbons (Fsp3) is 0.700. The lowest BCUT2D eigenvalue weighted by Crippen LogP contribution is -2.29. The normalized spacial score (nSPS) is 22.8. The van der Waals surface area contributed by atoms with Crippen molar-refractivity contribution in [2.75, 3.05) is 18.8 Å². The molecule has 15 heavy (non-hydrogen) atoms. The molecule has 2 N–H and O–H groups in total. The van der Waals surface area contributed by atoms with Gasteiger partial charge in [-0.3, -0.25) is 4.90 Å². The van der Waals surface area contributed by atoms with Crippen LogP contribution in [0.3, 0.4) is 0 Å². The van der Waals surface area contributed by atoms with Crippen molar-refractivity contribution in [3.8, 4) is 0 Å². The standard InChI is InChI=1S/C10H17ClN4/c1-7(2)14-4-3-8(6-14)15-10(12)9(11)5-13-15/h5,7-8H,3-4,6,12H2,1-2H3. The number of anilines is 1. The third kappa shape index (κ3) is 1.96. The second-order valence-corrected chi connectivity index (χ2v) is 4.76. The lowest BCUT2D eigenvalue weighted by atomic mass is 10.3. The number of rotatable bonds is 2.